The number of carbonyl (C=O) groups is 1. The highest BCUT2D eigenvalue weighted by Crippen LogP contribution is 2.21. The Kier molecular flexibility index (Phi) is 6.17. The average molecular weight is 330 g/mol. The second-order valence-electron chi connectivity index (χ2n) is 5.31. The van der Waals surface area contributed by atoms with Gasteiger partial charge in [0.05, 0.1) is 6.61 Å². The van der Waals surface area contributed by atoms with Crippen molar-refractivity contribution in [2.24, 2.45) is 0 Å². The predicted octanol–water partition coefficient (Wildman–Crippen LogP) is 4.62. The van der Waals surface area contributed by atoms with E-state index in [0.29, 0.717) is 5.56 Å². The van der Waals surface area contributed by atoms with Crippen LogP contribution in [0, 0.1) is 13.8 Å². The topological polar surface area (TPSA) is 52.6 Å². The first-order chi connectivity index (χ1) is 11.0. The van der Waals surface area contributed by atoms with E-state index in [-0.39, 0.29) is 12.4 Å². The number of ether oxygens (including phenoxy) is 1. The zero-order valence-corrected chi connectivity index (χ0v) is 14.3. The fourth-order valence-corrected chi connectivity index (χ4v) is 2.66. The molecule has 0 saturated heterocycles. The van der Waals surface area contributed by atoms with Crippen LogP contribution in [0.4, 0.5) is 0 Å². The van der Waals surface area contributed by atoms with Crippen LogP contribution in [0.1, 0.15) is 39.5 Å². The summed E-state index contributed by atoms with van der Waals surface area (Å²) in [5.41, 5.74) is 4.01. The van der Waals surface area contributed by atoms with Crippen molar-refractivity contribution >= 4 is 14.5 Å². The van der Waals surface area contributed by atoms with Gasteiger partial charge in [0.25, 0.3) is 0 Å². The van der Waals surface area contributed by atoms with Crippen molar-refractivity contribution in [2.75, 3.05) is 0 Å². The zero-order chi connectivity index (χ0) is 16.8. The highest BCUT2D eigenvalue weighted by molar-refractivity contribution is 7.17. The fraction of sp³-hybridized carbons (Fsp3) is 0.278. The molecule has 0 aliphatic heterocycles. The van der Waals surface area contributed by atoms with Gasteiger partial charge in [-0.05, 0) is 37.5 Å². The monoisotopic (exact) mass is 330 g/mol. The van der Waals surface area contributed by atoms with E-state index in [1.165, 1.54) is 0 Å². The Bertz CT molecular complexity index is 692. The van der Waals surface area contributed by atoms with Crippen LogP contribution in [0.2, 0.25) is 0 Å². The van der Waals surface area contributed by atoms with Crippen LogP contribution in [-0.2, 0) is 20.4 Å². The van der Waals surface area contributed by atoms with Crippen molar-refractivity contribution < 1.29 is 18.6 Å². The van der Waals surface area contributed by atoms with Gasteiger partial charge in [0.2, 0.25) is 0 Å². The van der Waals surface area contributed by atoms with E-state index in [1.54, 1.807) is 13.0 Å². The molecule has 0 aromatic heterocycles. The summed E-state index contributed by atoms with van der Waals surface area (Å²) < 4.78 is 20.7. The van der Waals surface area contributed by atoms with Gasteiger partial charge in [0.15, 0.2) is 12.1 Å². The van der Waals surface area contributed by atoms with Crippen LogP contribution in [-0.4, -0.2) is 12.1 Å². The van der Waals surface area contributed by atoms with E-state index in [0.717, 1.165) is 22.3 Å². The van der Waals surface area contributed by atoms with E-state index in [4.69, 9.17) is 9.26 Å². The maximum absolute atomic E-state index is 12.9. The number of benzene rings is 2. The molecule has 5 heteroatoms. The molecule has 0 fully saturated rings. The molecule has 4 nitrogen and oxygen atoms in total. The Balaban J connectivity index is 2.29. The summed E-state index contributed by atoms with van der Waals surface area (Å²) in [5, 5.41) is 0. The quantitative estimate of drug-likeness (QED) is 0.422. The summed E-state index contributed by atoms with van der Waals surface area (Å²) in [5.74, 6) is -0.0182. The van der Waals surface area contributed by atoms with Crippen molar-refractivity contribution in [3.8, 4) is 0 Å². The van der Waals surface area contributed by atoms with Crippen molar-refractivity contribution in [1.29, 1.82) is 0 Å². The number of aryl methyl sites for hydroxylation is 2. The normalized spacial score (nSPS) is 12.3. The van der Waals surface area contributed by atoms with Crippen LogP contribution in [0.25, 0.3) is 0 Å². The first kappa shape index (κ1) is 17.5. The first-order valence-corrected chi connectivity index (χ1v) is 8.06. The smallest absolute Gasteiger partial charge is 0.329 e. The number of ketones is 1. The van der Waals surface area contributed by atoms with Crippen molar-refractivity contribution in [2.45, 2.75) is 33.7 Å². The zero-order valence-electron chi connectivity index (χ0n) is 13.4. The number of carbonyl (C=O) groups excluding carboxylic acids is 1. The molecule has 0 saturated carbocycles. The Morgan fingerprint density at radius 2 is 1.74 bits per heavy atom. The second kappa shape index (κ2) is 8.11. The van der Waals surface area contributed by atoms with Crippen LogP contribution >= 0.6 is 8.69 Å². The number of hydrogen-bond donors (Lipinski definition) is 0. The molecule has 0 bridgehead atoms. The molecule has 1 unspecified atom stereocenters. The molecule has 0 N–H and O–H groups in total. The van der Waals surface area contributed by atoms with Crippen molar-refractivity contribution in [3.05, 3.63) is 70.3 Å². The van der Waals surface area contributed by atoms with Gasteiger partial charge in [-0.3, -0.25) is 9.32 Å². The van der Waals surface area contributed by atoms with Gasteiger partial charge in [-0.25, -0.2) is 4.57 Å². The van der Waals surface area contributed by atoms with E-state index < -0.39 is 15.0 Å². The largest absolute Gasteiger partial charge is 0.347 e. The highest BCUT2D eigenvalue weighted by atomic mass is 31.1. The Labute approximate surface area is 137 Å². The SMILES string of the molecule is Cc1cccc(C)c1C(=O)c1ccccc1COC(C)OP=O. The molecule has 2 aromatic carbocycles. The van der Waals surface area contributed by atoms with Gasteiger partial charge in [-0.2, -0.15) is 0 Å². The van der Waals surface area contributed by atoms with Gasteiger partial charge in [-0.15, -0.1) is 0 Å². The lowest BCUT2D eigenvalue weighted by Crippen LogP contribution is -2.12. The third-order valence-corrected chi connectivity index (χ3v) is 4.02. The first-order valence-electron chi connectivity index (χ1n) is 7.33. The number of rotatable bonds is 7. The van der Waals surface area contributed by atoms with Gasteiger partial charge >= 0.3 is 8.69 Å². The molecule has 1 atom stereocenters. The molecule has 0 heterocycles. The van der Waals surface area contributed by atoms with E-state index in [1.807, 2.05) is 50.2 Å². The lowest BCUT2D eigenvalue weighted by molar-refractivity contribution is -0.0693. The summed E-state index contributed by atoms with van der Waals surface area (Å²) in [4.78, 5) is 12.9. The third kappa shape index (κ3) is 4.32. The van der Waals surface area contributed by atoms with Gasteiger partial charge in [0, 0.05) is 11.1 Å². The molecule has 0 aliphatic carbocycles. The fourth-order valence-electron chi connectivity index (χ4n) is 2.47. The minimum absolute atomic E-state index is 0.0182. The third-order valence-electron chi connectivity index (χ3n) is 3.64. The van der Waals surface area contributed by atoms with Crippen LogP contribution in [0.5, 0.6) is 0 Å². The van der Waals surface area contributed by atoms with Crippen LogP contribution < -0.4 is 0 Å². The Morgan fingerprint density at radius 1 is 1.09 bits per heavy atom. The molecule has 0 radical (unpaired) electrons. The van der Waals surface area contributed by atoms with E-state index in [2.05, 4.69) is 0 Å². The molecule has 2 rings (SSSR count). The van der Waals surface area contributed by atoms with Gasteiger partial charge in [0.1, 0.15) is 0 Å². The van der Waals surface area contributed by atoms with Crippen molar-refractivity contribution in [1.82, 2.24) is 0 Å². The maximum atomic E-state index is 12.9. The lowest BCUT2D eigenvalue weighted by atomic mass is 9.92. The average Bonchev–Trinajstić information content (AvgIpc) is 2.53. The summed E-state index contributed by atoms with van der Waals surface area (Å²) in [6.07, 6.45) is -0.613. The molecule has 120 valence electrons. The summed E-state index contributed by atoms with van der Waals surface area (Å²) in [6.45, 7) is 5.73. The lowest BCUT2D eigenvalue weighted by Gasteiger charge is -2.14. The summed E-state index contributed by atoms with van der Waals surface area (Å²) in [7, 11) is -0.428. The summed E-state index contributed by atoms with van der Waals surface area (Å²) >= 11 is 0. The number of hydrogen-bond acceptors (Lipinski definition) is 4. The molecular weight excluding hydrogens is 311 g/mol. The van der Waals surface area contributed by atoms with Crippen LogP contribution in [0.15, 0.2) is 42.5 Å². The molecular formula is C18H19O4P. The van der Waals surface area contributed by atoms with Gasteiger partial charge < -0.3 is 4.74 Å². The molecule has 2 aromatic rings. The van der Waals surface area contributed by atoms with Crippen molar-refractivity contribution in [3.63, 3.8) is 0 Å². The molecule has 0 amide bonds. The Morgan fingerprint density at radius 3 is 2.39 bits per heavy atom. The van der Waals surface area contributed by atoms with E-state index >= 15 is 0 Å². The van der Waals surface area contributed by atoms with E-state index in [9.17, 15) is 9.36 Å². The minimum Gasteiger partial charge on any atom is -0.347 e. The predicted molar refractivity (Wildman–Crippen MR) is 88.7 cm³/mol. The standard InChI is InChI=1S/C18H19O4P/c1-12-7-6-8-13(2)17(12)18(19)16-10-5-4-9-15(16)11-21-14(3)22-23-20/h4-10,14H,11H2,1-3H3. The van der Waals surface area contributed by atoms with Gasteiger partial charge in [-0.1, -0.05) is 42.5 Å². The van der Waals surface area contributed by atoms with Crippen LogP contribution in [0.3, 0.4) is 0 Å². The summed E-state index contributed by atoms with van der Waals surface area (Å²) in [6, 6.07) is 13.1. The minimum atomic E-state index is -0.613. The second-order valence-corrected chi connectivity index (χ2v) is 5.67. The molecule has 0 aliphatic rings. The molecule has 23 heavy (non-hydrogen) atoms. The molecule has 0 spiro atoms. The highest BCUT2D eigenvalue weighted by Gasteiger charge is 2.17. The Hall–Kier alpha value is -1.87. The maximum Gasteiger partial charge on any atom is 0.329 e.